The largest absolute Gasteiger partial charge is 0.466 e. The summed E-state index contributed by atoms with van der Waals surface area (Å²) in [6, 6.07) is 7.86. The second kappa shape index (κ2) is 6.62. The molecule has 1 aromatic heterocycles. The Bertz CT molecular complexity index is 713. The van der Waals surface area contributed by atoms with E-state index in [-0.39, 0.29) is 11.9 Å². The van der Waals surface area contributed by atoms with Crippen molar-refractivity contribution in [1.82, 2.24) is 9.47 Å². The summed E-state index contributed by atoms with van der Waals surface area (Å²) in [4.78, 5) is 14.6. The van der Waals surface area contributed by atoms with Gasteiger partial charge in [0, 0.05) is 13.1 Å². The molecule has 0 spiro atoms. The summed E-state index contributed by atoms with van der Waals surface area (Å²) in [5.41, 5.74) is 1.83. The van der Waals surface area contributed by atoms with Crippen LogP contribution in [0.4, 0.5) is 0 Å². The summed E-state index contributed by atoms with van der Waals surface area (Å²) in [7, 11) is 0. The highest BCUT2D eigenvalue weighted by atomic mass is 32.1. The lowest BCUT2D eigenvalue weighted by atomic mass is 9.97. The number of piperidine rings is 1. The summed E-state index contributed by atoms with van der Waals surface area (Å²) in [5.74, 6) is -0.0298. The molecule has 5 nitrogen and oxygen atoms in total. The smallest absolute Gasteiger partial charge is 0.309 e. The van der Waals surface area contributed by atoms with Gasteiger partial charge in [-0.05, 0) is 44.1 Å². The topological polar surface area (TPSA) is 47.6 Å². The van der Waals surface area contributed by atoms with Crippen molar-refractivity contribution in [3.63, 3.8) is 0 Å². The van der Waals surface area contributed by atoms with Crippen molar-refractivity contribution in [2.75, 3.05) is 19.7 Å². The Hall–Kier alpha value is -1.66. The van der Waals surface area contributed by atoms with Gasteiger partial charge in [0.1, 0.15) is 0 Å². The van der Waals surface area contributed by atoms with Crippen molar-refractivity contribution in [3.05, 3.63) is 29.1 Å². The first-order chi connectivity index (χ1) is 10.7. The number of oxazole rings is 1. The average Bonchev–Trinajstić information content (AvgIpc) is 2.84. The van der Waals surface area contributed by atoms with Gasteiger partial charge in [-0.3, -0.25) is 14.3 Å². The van der Waals surface area contributed by atoms with E-state index < -0.39 is 0 Å². The summed E-state index contributed by atoms with van der Waals surface area (Å²) < 4.78 is 12.7. The summed E-state index contributed by atoms with van der Waals surface area (Å²) in [5, 5.41) is 0. The zero-order valence-electron chi connectivity index (χ0n) is 12.7. The lowest BCUT2D eigenvalue weighted by Gasteiger charge is -2.30. The molecule has 6 heteroatoms. The standard InChI is InChI=1S/C16H20N2O3S/c1-2-20-15(19)12-7-9-17(10-8-12)11-18-13-5-3-4-6-14(13)21-16(18)22/h3-6,12H,2,7-11H2,1H3. The number of hydrogen-bond acceptors (Lipinski definition) is 5. The molecule has 0 amide bonds. The maximum absolute atomic E-state index is 11.8. The normalized spacial score (nSPS) is 17.0. The third-order valence-corrected chi connectivity index (χ3v) is 4.43. The lowest BCUT2D eigenvalue weighted by molar-refractivity contribution is -0.149. The van der Waals surface area contributed by atoms with Crippen LogP contribution in [0, 0.1) is 10.8 Å². The quantitative estimate of drug-likeness (QED) is 0.639. The molecule has 0 radical (unpaired) electrons. The van der Waals surface area contributed by atoms with Crippen LogP contribution in [-0.2, 0) is 16.2 Å². The van der Waals surface area contributed by atoms with Crippen molar-refractivity contribution in [2.24, 2.45) is 5.92 Å². The number of fused-ring (bicyclic) bond motifs is 1. The number of ether oxygens (including phenoxy) is 1. The molecule has 0 saturated carbocycles. The Kier molecular flexibility index (Phi) is 4.59. The minimum Gasteiger partial charge on any atom is -0.466 e. The van der Waals surface area contributed by atoms with E-state index in [2.05, 4.69) is 4.90 Å². The van der Waals surface area contributed by atoms with Gasteiger partial charge in [-0.1, -0.05) is 12.1 Å². The maximum Gasteiger partial charge on any atom is 0.309 e. The number of hydrogen-bond donors (Lipinski definition) is 0. The highest BCUT2D eigenvalue weighted by Crippen LogP contribution is 2.22. The number of carbonyl (C=O) groups is 1. The molecule has 0 N–H and O–H groups in total. The number of esters is 1. The van der Waals surface area contributed by atoms with Crippen molar-refractivity contribution >= 4 is 29.3 Å². The molecule has 0 atom stereocenters. The molecule has 0 bridgehead atoms. The second-order valence-electron chi connectivity index (χ2n) is 5.55. The number of benzene rings is 1. The Labute approximate surface area is 134 Å². The highest BCUT2D eigenvalue weighted by molar-refractivity contribution is 7.71. The van der Waals surface area contributed by atoms with E-state index in [9.17, 15) is 4.79 Å². The predicted octanol–water partition coefficient (Wildman–Crippen LogP) is 3.20. The fraction of sp³-hybridized carbons (Fsp3) is 0.500. The Morgan fingerprint density at radius 2 is 2.09 bits per heavy atom. The zero-order chi connectivity index (χ0) is 15.5. The molecule has 1 aliphatic heterocycles. The third-order valence-electron chi connectivity index (χ3n) is 4.12. The number of aromatic nitrogens is 1. The fourth-order valence-electron chi connectivity index (χ4n) is 2.92. The average molecular weight is 320 g/mol. The third kappa shape index (κ3) is 3.08. The van der Waals surface area contributed by atoms with Crippen LogP contribution < -0.4 is 0 Å². The molecule has 1 fully saturated rings. The van der Waals surface area contributed by atoms with E-state index in [1.165, 1.54) is 0 Å². The molecule has 2 aromatic rings. The molecule has 2 heterocycles. The maximum atomic E-state index is 11.8. The molecular formula is C16H20N2O3S. The summed E-state index contributed by atoms with van der Waals surface area (Å²) in [6.45, 7) is 4.73. The number of rotatable bonds is 4. The Morgan fingerprint density at radius 3 is 2.82 bits per heavy atom. The van der Waals surface area contributed by atoms with Crippen molar-refractivity contribution in [3.8, 4) is 0 Å². The first kappa shape index (κ1) is 15.2. The van der Waals surface area contributed by atoms with Crippen LogP contribution in [0.3, 0.4) is 0 Å². The van der Waals surface area contributed by atoms with Crippen molar-refractivity contribution in [2.45, 2.75) is 26.4 Å². The van der Waals surface area contributed by atoms with Gasteiger partial charge in [-0.15, -0.1) is 0 Å². The molecule has 118 valence electrons. The van der Waals surface area contributed by atoms with Crippen molar-refractivity contribution < 1.29 is 13.9 Å². The molecule has 0 aliphatic carbocycles. The van der Waals surface area contributed by atoms with Gasteiger partial charge < -0.3 is 9.15 Å². The molecule has 1 aliphatic rings. The van der Waals surface area contributed by atoms with E-state index in [0.29, 0.717) is 18.1 Å². The Balaban J connectivity index is 1.66. The van der Waals surface area contributed by atoms with E-state index in [1.807, 2.05) is 35.8 Å². The van der Waals surface area contributed by atoms with Crippen LogP contribution in [0.25, 0.3) is 11.1 Å². The minimum absolute atomic E-state index is 0.0327. The molecule has 0 unspecified atom stereocenters. The fourth-order valence-corrected chi connectivity index (χ4v) is 3.16. The molecule has 1 aromatic carbocycles. The van der Waals surface area contributed by atoms with Crippen LogP contribution in [0.15, 0.2) is 28.7 Å². The monoisotopic (exact) mass is 320 g/mol. The van der Waals surface area contributed by atoms with Gasteiger partial charge in [0.2, 0.25) is 0 Å². The van der Waals surface area contributed by atoms with Crippen LogP contribution in [0.5, 0.6) is 0 Å². The second-order valence-corrected chi connectivity index (χ2v) is 5.90. The van der Waals surface area contributed by atoms with Gasteiger partial charge in [0.25, 0.3) is 4.84 Å². The van der Waals surface area contributed by atoms with Gasteiger partial charge in [-0.2, -0.15) is 0 Å². The van der Waals surface area contributed by atoms with Gasteiger partial charge in [0.15, 0.2) is 5.58 Å². The number of likely N-dealkylation sites (tertiary alicyclic amines) is 1. The molecule has 1 saturated heterocycles. The first-order valence-electron chi connectivity index (χ1n) is 7.66. The molecular weight excluding hydrogens is 300 g/mol. The van der Waals surface area contributed by atoms with E-state index in [1.54, 1.807) is 0 Å². The highest BCUT2D eigenvalue weighted by Gasteiger charge is 2.26. The van der Waals surface area contributed by atoms with E-state index in [0.717, 1.165) is 37.0 Å². The van der Waals surface area contributed by atoms with Gasteiger partial charge >= 0.3 is 5.97 Å². The lowest BCUT2D eigenvalue weighted by Crippen LogP contribution is -2.37. The zero-order valence-corrected chi connectivity index (χ0v) is 13.5. The van der Waals surface area contributed by atoms with Gasteiger partial charge in [0.05, 0.1) is 24.7 Å². The van der Waals surface area contributed by atoms with Crippen LogP contribution in [0.2, 0.25) is 0 Å². The van der Waals surface area contributed by atoms with Crippen LogP contribution in [0.1, 0.15) is 19.8 Å². The van der Waals surface area contributed by atoms with Crippen molar-refractivity contribution in [1.29, 1.82) is 0 Å². The number of carbonyl (C=O) groups excluding carboxylic acids is 1. The van der Waals surface area contributed by atoms with Crippen LogP contribution in [-0.4, -0.2) is 35.1 Å². The van der Waals surface area contributed by atoms with E-state index >= 15 is 0 Å². The van der Waals surface area contributed by atoms with E-state index in [4.69, 9.17) is 21.4 Å². The molecule has 22 heavy (non-hydrogen) atoms. The first-order valence-corrected chi connectivity index (χ1v) is 8.07. The Morgan fingerprint density at radius 1 is 1.36 bits per heavy atom. The number of nitrogens with zero attached hydrogens (tertiary/aromatic N) is 2. The number of para-hydroxylation sites is 2. The predicted molar refractivity (Wildman–Crippen MR) is 86.0 cm³/mol. The summed E-state index contributed by atoms with van der Waals surface area (Å²) in [6.07, 6.45) is 1.67. The van der Waals surface area contributed by atoms with Gasteiger partial charge in [-0.25, -0.2) is 0 Å². The summed E-state index contributed by atoms with van der Waals surface area (Å²) >= 11 is 5.32. The SMILES string of the molecule is CCOC(=O)C1CCN(Cn2c(=S)oc3ccccc32)CC1. The van der Waals surface area contributed by atoms with Crippen LogP contribution >= 0.6 is 12.2 Å². The minimum atomic E-state index is -0.0625. The molecule has 3 rings (SSSR count).